The third kappa shape index (κ3) is 4.32. The Morgan fingerprint density at radius 1 is 1.33 bits per heavy atom. The molecule has 1 saturated carbocycles. The lowest BCUT2D eigenvalue weighted by molar-refractivity contribution is -0.139. The lowest BCUT2D eigenvalue weighted by Crippen LogP contribution is -2.37. The van der Waals surface area contributed by atoms with Crippen LogP contribution >= 0.6 is 0 Å². The number of hydrogen-bond donors (Lipinski definition) is 2. The Morgan fingerprint density at radius 2 is 1.93 bits per heavy atom. The Morgan fingerprint density at radius 3 is 2.47 bits per heavy atom. The van der Waals surface area contributed by atoms with E-state index in [0.717, 1.165) is 0 Å². The molecule has 0 unspecified atom stereocenters. The van der Waals surface area contributed by atoms with Crippen molar-refractivity contribution in [2.24, 2.45) is 5.92 Å². The Labute approximate surface area is 90.0 Å². The number of amides is 1. The Kier molecular flexibility index (Phi) is 4.59. The highest BCUT2D eigenvalue weighted by Gasteiger charge is 2.22. The lowest BCUT2D eigenvalue weighted by atomic mass is 10.00. The van der Waals surface area contributed by atoms with Gasteiger partial charge in [-0.05, 0) is 25.7 Å². The van der Waals surface area contributed by atoms with E-state index in [1.54, 1.807) is 0 Å². The summed E-state index contributed by atoms with van der Waals surface area (Å²) in [5, 5.41) is 11.3. The zero-order valence-corrected chi connectivity index (χ0v) is 9.16. The normalized spacial score (nSPS) is 18.7. The van der Waals surface area contributed by atoms with Gasteiger partial charge in [-0.3, -0.25) is 9.59 Å². The zero-order valence-electron chi connectivity index (χ0n) is 9.16. The lowest BCUT2D eigenvalue weighted by Gasteiger charge is -2.20. The molecule has 0 aliphatic heterocycles. The van der Waals surface area contributed by atoms with E-state index in [0.29, 0.717) is 5.92 Å². The molecule has 15 heavy (non-hydrogen) atoms. The zero-order chi connectivity index (χ0) is 11.3. The number of rotatable bonds is 5. The van der Waals surface area contributed by atoms with Gasteiger partial charge >= 0.3 is 5.97 Å². The molecule has 2 N–H and O–H groups in total. The third-order valence-corrected chi connectivity index (χ3v) is 3.06. The van der Waals surface area contributed by atoms with E-state index >= 15 is 0 Å². The predicted octanol–water partition coefficient (Wildman–Crippen LogP) is 1.55. The number of carbonyl (C=O) groups is 2. The summed E-state index contributed by atoms with van der Waals surface area (Å²) >= 11 is 0. The molecule has 1 fully saturated rings. The van der Waals surface area contributed by atoms with Gasteiger partial charge in [0.2, 0.25) is 5.91 Å². The van der Waals surface area contributed by atoms with Crippen LogP contribution in [0.4, 0.5) is 0 Å². The van der Waals surface area contributed by atoms with Gasteiger partial charge in [-0.1, -0.05) is 12.8 Å². The fourth-order valence-electron chi connectivity index (χ4n) is 2.12. The third-order valence-electron chi connectivity index (χ3n) is 3.06. The molecule has 0 bridgehead atoms. The Balaban J connectivity index is 2.21. The van der Waals surface area contributed by atoms with Gasteiger partial charge in [0.05, 0.1) is 6.42 Å². The summed E-state index contributed by atoms with van der Waals surface area (Å²) in [6.07, 6.45) is 4.87. The van der Waals surface area contributed by atoms with Crippen molar-refractivity contribution in [1.82, 2.24) is 5.32 Å². The largest absolute Gasteiger partial charge is 0.481 e. The quantitative estimate of drug-likeness (QED) is 0.728. The average Bonchev–Trinajstić information content (AvgIpc) is 2.67. The Hall–Kier alpha value is -1.06. The maximum absolute atomic E-state index is 11.3. The van der Waals surface area contributed by atoms with Gasteiger partial charge in [0, 0.05) is 12.5 Å². The number of aliphatic carboxylic acids is 1. The molecule has 0 aromatic heterocycles. The SMILES string of the molecule is C[C@@H](NC(=O)CCC(=O)O)C1CCCC1. The van der Waals surface area contributed by atoms with E-state index < -0.39 is 5.97 Å². The van der Waals surface area contributed by atoms with Crippen LogP contribution in [-0.2, 0) is 9.59 Å². The van der Waals surface area contributed by atoms with Gasteiger partial charge in [-0.2, -0.15) is 0 Å². The van der Waals surface area contributed by atoms with Crippen molar-refractivity contribution in [2.45, 2.75) is 51.5 Å². The van der Waals surface area contributed by atoms with Crippen molar-refractivity contribution in [3.05, 3.63) is 0 Å². The number of carbonyl (C=O) groups excluding carboxylic acids is 1. The van der Waals surface area contributed by atoms with E-state index in [9.17, 15) is 9.59 Å². The van der Waals surface area contributed by atoms with Gasteiger partial charge in [-0.25, -0.2) is 0 Å². The fraction of sp³-hybridized carbons (Fsp3) is 0.818. The highest BCUT2D eigenvalue weighted by atomic mass is 16.4. The van der Waals surface area contributed by atoms with Crippen LogP contribution in [0.2, 0.25) is 0 Å². The highest BCUT2D eigenvalue weighted by molar-refractivity contribution is 5.80. The minimum atomic E-state index is -0.918. The molecule has 0 spiro atoms. The molecule has 1 aliphatic rings. The number of nitrogens with one attached hydrogen (secondary N) is 1. The summed E-state index contributed by atoms with van der Waals surface area (Å²) in [7, 11) is 0. The predicted molar refractivity (Wildman–Crippen MR) is 56.4 cm³/mol. The molecule has 0 aromatic carbocycles. The van der Waals surface area contributed by atoms with Crippen LogP contribution in [0.1, 0.15) is 45.4 Å². The van der Waals surface area contributed by atoms with Crippen molar-refractivity contribution in [2.75, 3.05) is 0 Å². The first-order valence-corrected chi connectivity index (χ1v) is 5.60. The van der Waals surface area contributed by atoms with Crippen LogP contribution in [-0.4, -0.2) is 23.0 Å². The summed E-state index contributed by atoms with van der Waals surface area (Å²) in [5.74, 6) is -0.478. The van der Waals surface area contributed by atoms with Crippen LogP contribution < -0.4 is 5.32 Å². The smallest absolute Gasteiger partial charge is 0.303 e. The van der Waals surface area contributed by atoms with E-state index in [1.807, 2.05) is 6.92 Å². The molecular formula is C11H19NO3. The van der Waals surface area contributed by atoms with Crippen molar-refractivity contribution in [1.29, 1.82) is 0 Å². The van der Waals surface area contributed by atoms with Crippen LogP contribution in [0.3, 0.4) is 0 Å². The average molecular weight is 213 g/mol. The maximum atomic E-state index is 11.3. The monoisotopic (exact) mass is 213 g/mol. The maximum Gasteiger partial charge on any atom is 0.303 e. The summed E-state index contributed by atoms with van der Waals surface area (Å²) in [6.45, 7) is 2.01. The molecule has 1 aliphatic carbocycles. The van der Waals surface area contributed by atoms with E-state index in [1.165, 1.54) is 25.7 Å². The number of hydrogen-bond acceptors (Lipinski definition) is 2. The molecule has 4 nitrogen and oxygen atoms in total. The first-order chi connectivity index (χ1) is 7.09. The van der Waals surface area contributed by atoms with Crippen molar-refractivity contribution in [3.63, 3.8) is 0 Å². The number of carboxylic acid groups (broad SMARTS) is 1. The van der Waals surface area contributed by atoms with Gasteiger partial charge in [0.15, 0.2) is 0 Å². The fourth-order valence-corrected chi connectivity index (χ4v) is 2.12. The van der Waals surface area contributed by atoms with Crippen LogP contribution in [0.25, 0.3) is 0 Å². The second-order valence-corrected chi connectivity index (χ2v) is 4.29. The molecular weight excluding hydrogens is 194 g/mol. The molecule has 0 heterocycles. The minimum Gasteiger partial charge on any atom is -0.481 e. The molecule has 1 atom stereocenters. The summed E-state index contributed by atoms with van der Waals surface area (Å²) in [5.41, 5.74) is 0. The van der Waals surface area contributed by atoms with Crippen molar-refractivity contribution < 1.29 is 14.7 Å². The van der Waals surface area contributed by atoms with Crippen molar-refractivity contribution in [3.8, 4) is 0 Å². The van der Waals surface area contributed by atoms with E-state index in [-0.39, 0.29) is 24.8 Å². The second-order valence-electron chi connectivity index (χ2n) is 4.29. The Bertz CT molecular complexity index is 234. The molecule has 0 saturated heterocycles. The summed E-state index contributed by atoms with van der Waals surface area (Å²) < 4.78 is 0. The molecule has 86 valence electrons. The molecule has 4 heteroatoms. The van der Waals surface area contributed by atoms with Gasteiger partial charge < -0.3 is 10.4 Å². The van der Waals surface area contributed by atoms with Gasteiger partial charge in [-0.15, -0.1) is 0 Å². The molecule has 0 radical (unpaired) electrons. The molecule has 1 amide bonds. The minimum absolute atomic E-state index is 0.0801. The van der Waals surface area contributed by atoms with Gasteiger partial charge in [0.25, 0.3) is 0 Å². The van der Waals surface area contributed by atoms with Crippen LogP contribution in [0.5, 0.6) is 0 Å². The molecule has 1 rings (SSSR count). The summed E-state index contributed by atoms with van der Waals surface area (Å²) in [6, 6.07) is 0.189. The topological polar surface area (TPSA) is 66.4 Å². The molecule has 0 aromatic rings. The van der Waals surface area contributed by atoms with Crippen LogP contribution in [0.15, 0.2) is 0 Å². The standard InChI is InChI=1S/C11H19NO3/c1-8(9-4-2-3-5-9)12-10(13)6-7-11(14)15/h8-9H,2-7H2,1H3,(H,12,13)(H,14,15)/t8-/m1/s1. The highest BCUT2D eigenvalue weighted by Crippen LogP contribution is 2.27. The first kappa shape index (κ1) is 12.0. The van der Waals surface area contributed by atoms with Crippen molar-refractivity contribution >= 4 is 11.9 Å². The van der Waals surface area contributed by atoms with Crippen LogP contribution in [0, 0.1) is 5.92 Å². The first-order valence-electron chi connectivity index (χ1n) is 5.60. The number of carboxylic acids is 1. The summed E-state index contributed by atoms with van der Waals surface area (Å²) in [4.78, 5) is 21.6. The van der Waals surface area contributed by atoms with Gasteiger partial charge in [0.1, 0.15) is 0 Å². The van der Waals surface area contributed by atoms with E-state index in [4.69, 9.17) is 5.11 Å². The van der Waals surface area contributed by atoms with E-state index in [2.05, 4.69) is 5.32 Å². The second kappa shape index (κ2) is 5.73.